The zero-order valence-corrected chi connectivity index (χ0v) is 24.8. The van der Waals surface area contributed by atoms with Crippen LogP contribution < -0.4 is 16.0 Å². The van der Waals surface area contributed by atoms with E-state index in [9.17, 15) is 14.4 Å². The molecule has 218 valence electrons. The van der Waals surface area contributed by atoms with Gasteiger partial charge >= 0.3 is 0 Å². The molecule has 3 amide bonds. The first-order valence-electron chi connectivity index (χ1n) is 14.1. The van der Waals surface area contributed by atoms with Crippen molar-refractivity contribution >= 4 is 51.7 Å². The number of benzene rings is 4. The largest absolute Gasteiger partial charge is 0.370 e. The molecule has 0 atom stereocenters. The van der Waals surface area contributed by atoms with Crippen LogP contribution >= 0.6 is 11.3 Å². The van der Waals surface area contributed by atoms with E-state index in [2.05, 4.69) is 46.7 Å². The Morgan fingerprint density at radius 3 is 2.18 bits per heavy atom. The van der Waals surface area contributed by atoms with Gasteiger partial charge in [-0.25, -0.2) is 4.98 Å². The lowest BCUT2D eigenvalue weighted by Gasteiger charge is -2.17. The molecule has 3 N–H and O–H groups in total. The van der Waals surface area contributed by atoms with Gasteiger partial charge in [-0.1, -0.05) is 72.8 Å². The topological polar surface area (TPSA) is 110 Å². The number of fused-ring (bicyclic) bond motifs is 1. The Labute approximate surface area is 258 Å². The average molecular weight is 600 g/mol. The van der Waals surface area contributed by atoms with E-state index in [0.717, 1.165) is 21.6 Å². The molecular weight excluding hydrogens is 570 g/mol. The molecule has 0 spiro atoms. The summed E-state index contributed by atoms with van der Waals surface area (Å²) in [6, 6.07) is 36.6. The first kappa shape index (κ1) is 28.6. The smallest absolute Gasteiger partial charge is 0.268 e. The molecule has 0 bridgehead atoms. The van der Waals surface area contributed by atoms with Crippen LogP contribution in [0, 0.1) is 0 Å². The zero-order valence-electron chi connectivity index (χ0n) is 23.9. The minimum Gasteiger partial charge on any atom is -0.370 e. The third-order valence-electron chi connectivity index (χ3n) is 7.36. The molecule has 0 saturated heterocycles. The molecule has 0 fully saturated rings. The molecule has 0 unspecified atom stereocenters. The maximum Gasteiger partial charge on any atom is 0.268 e. The van der Waals surface area contributed by atoms with Crippen molar-refractivity contribution in [3.63, 3.8) is 0 Å². The van der Waals surface area contributed by atoms with E-state index in [1.807, 2.05) is 54.6 Å². The minimum absolute atomic E-state index is 0.0740. The molecule has 2 aromatic heterocycles. The Hall–Kier alpha value is -5.54. The highest BCUT2D eigenvalue weighted by atomic mass is 32.1. The number of aryl methyl sites for hydroxylation is 1. The third-order valence-corrected chi connectivity index (χ3v) is 8.49. The fourth-order valence-corrected chi connectivity index (χ4v) is 5.90. The number of carbonyl (C=O) groups is 3. The van der Waals surface area contributed by atoms with E-state index in [1.165, 1.54) is 11.3 Å². The van der Waals surface area contributed by atoms with E-state index >= 15 is 0 Å². The Morgan fingerprint density at radius 1 is 0.818 bits per heavy atom. The maximum atomic E-state index is 13.4. The van der Waals surface area contributed by atoms with Gasteiger partial charge in [0.25, 0.3) is 11.8 Å². The van der Waals surface area contributed by atoms with Crippen molar-refractivity contribution in [1.29, 1.82) is 0 Å². The van der Waals surface area contributed by atoms with Crippen molar-refractivity contribution in [1.82, 2.24) is 9.55 Å². The summed E-state index contributed by atoms with van der Waals surface area (Å²) in [4.78, 5) is 45.8. The first-order chi connectivity index (χ1) is 21.4. The van der Waals surface area contributed by atoms with Gasteiger partial charge in [-0.3, -0.25) is 19.7 Å². The molecule has 8 nitrogen and oxygen atoms in total. The number of aromatic nitrogens is 2. The number of rotatable bonds is 9. The van der Waals surface area contributed by atoms with Crippen molar-refractivity contribution in [3.8, 4) is 21.6 Å². The summed E-state index contributed by atoms with van der Waals surface area (Å²) in [7, 11) is 1.70. The van der Waals surface area contributed by atoms with Crippen LogP contribution in [0.2, 0.25) is 0 Å². The number of nitrogens with two attached hydrogens (primary N) is 1. The van der Waals surface area contributed by atoms with Crippen LogP contribution in [0.15, 0.2) is 115 Å². The van der Waals surface area contributed by atoms with Crippen molar-refractivity contribution in [3.05, 3.63) is 126 Å². The summed E-state index contributed by atoms with van der Waals surface area (Å²) >= 11 is 1.39. The summed E-state index contributed by atoms with van der Waals surface area (Å²) in [6.45, 7) is 0.239. The normalized spacial score (nSPS) is 10.9. The number of imidazole rings is 1. The van der Waals surface area contributed by atoms with Gasteiger partial charge < -0.3 is 15.2 Å². The van der Waals surface area contributed by atoms with E-state index in [0.29, 0.717) is 33.1 Å². The van der Waals surface area contributed by atoms with Crippen molar-refractivity contribution in [2.45, 2.75) is 13.0 Å². The number of primary amides is 1. The number of nitrogens with zero attached hydrogens (tertiary/aromatic N) is 3. The molecule has 6 aromatic rings. The molecular formula is C35H29N5O3S. The fourth-order valence-electron chi connectivity index (χ4n) is 5.00. The van der Waals surface area contributed by atoms with Crippen molar-refractivity contribution in [2.24, 2.45) is 5.73 Å². The summed E-state index contributed by atoms with van der Waals surface area (Å²) in [5.74, 6) is -0.637. The van der Waals surface area contributed by atoms with E-state index < -0.39 is 5.91 Å². The van der Waals surface area contributed by atoms with Gasteiger partial charge in [0, 0.05) is 36.1 Å². The summed E-state index contributed by atoms with van der Waals surface area (Å²) in [5, 5.41) is 2.92. The lowest BCUT2D eigenvalue weighted by Crippen LogP contribution is -2.26. The van der Waals surface area contributed by atoms with Crippen LogP contribution in [0.5, 0.6) is 0 Å². The predicted molar refractivity (Wildman–Crippen MR) is 176 cm³/mol. The monoisotopic (exact) mass is 599 g/mol. The van der Waals surface area contributed by atoms with Crippen LogP contribution in [0.4, 0.5) is 11.6 Å². The zero-order chi connectivity index (χ0) is 30.6. The van der Waals surface area contributed by atoms with Crippen LogP contribution in [0.3, 0.4) is 0 Å². The second kappa shape index (κ2) is 12.4. The third kappa shape index (κ3) is 5.99. The van der Waals surface area contributed by atoms with Crippen molar-refractivity contribution < 1.29 is 14.4 Å². The summed E-state index contributed by atoms with van der Waals surface area (Å²) < 4.78 is 1.76. The average Bonchev–Trinajstić information content (AvgIpc) is 3.69. The number of hydrogen-bond donors (Lipinski definition) is 2. The fraction of sp³-hybridized carbons (Fsp3) is 0.0857. The SMILES string of the molecule is CN(C(=O)c1ccccc1)c1ccc2c(c1)nc(NC(=O)c1ccc(-c3ccc(-c4ccccc4)cc3)s1)n2CCC(N)=O. The molecule has 0 saturated carbocycles. The van der Waals surface area contributed by atoms with E-state index in [-0.39, 0.29) is 24.8 Å². The molecule has 44 heavy (non-hydrogen) atoms. The molecule has 6 rings (SSSR count). The summed E-state index contributed by atoms with van der Waals surface area (Å²) in [5.41, 5.74) is 11.2. The molecule has 0 radical (unpaired) electrons. The summed E-state index contributed by atoms with van der Waals surface area (Å²) in [6.07, 6.45) is 0.0740. The Kier molecular flexibility index (Phi) is 8.03. The number of anilines is 2. The molecule has 0 aliphatic heterocycles. The number of carbonyl (C=O) groups excluding carboxylic acids is 3. The first-order valence-corrected chi connectivity index (χ1v) is 14.9. The van der Waals surface area contributed by atoms with Crippen LogP contribution in [-0.2, 0) is 11.3 Å². The highest BCUT2D eigenvalue weighted by Crippen LogP contribution is 2.31. The Balaban J connectivity index is 1.24. The van der Waals surface area contributed by atoms with E-state index in [4.69, 9.17) is 5.73 Å². The van der Waals surface area contributed by atoms with Crippen molar-refractivity contribution in [2.75, 3.05) is 17.3 Å². The van der Waals surface area contributed by atoms with Crippen LogP contribution in [0.25, 0.3) is 32.6 Å². The van der Waals surface area contributed by atoms with Crippen LogP contribution in [0.1, 0.15) is 26.5 Å². The van der Waals surface area contributed by atoms with Gasteiger partial charge in [-0.2, -0.15) is 0 Å². The van der Waals surface area contributed by atoms with E-state index in [1.54, 1.807) is 40.8 Å². The predicted octanol–water partition coefficient (Wildman–Crippen LogP) is 6.84. The maximum absolute atomic E-state index is 13.4. The Bertz CT molecular complexity index is 1960. The minimum atomic E-state index is -0.463. The molecule has 0 aliphatic rings. The highest BCUT2D eigenvalue weighted by Gasteiger charge is 2.19. The quantitative estimate of drug-likeness (QED) is 0.190. The van der Waals surface area contributed by atoms with Gasteiger partial charge in [-0.15, -0.1) is 11.3 Å². The number of amides is 3. The lowest BCUT2D eigenvalue weighted by molar-refractivity contribution is -0.118. The molecule has 4 aromatic carbocycles. The van der Waals surface area contributed by atoms with Crippen LogP contribution in [-0.4, -0.2) is 34.3 Å². The standard InChI is InChI=1S/C35H29N5O3S/c1-39(34(43)26-10-6-3-7-11-26)27-16-17-29-28(22-27)37-35(40(29)21-20-32(36)41)38-33(42)31-19-18-30(44-31)25-14-12-24(13-15-25)23-8-4-2-5-9-23/h2-19,22H,20-21H2,1H3,(H2,36,41)(H,37,38,42). The molecule has 2 heterocycles. The second-order valence-electron chi connectivity index (χ2n) is 10.3. The number of thiophene rings is 1. The van der Waals surface area contributed by atoms with Gasteiger partial charge in [0.2, 0.25) is 11.9 Å². The van der Waals surface area contributed by atoms with Gasteiger partial charge in [0.15, 0.2) is 0 Å². The van der Waals surface area contributed by atoms with Gasteiger partial charge in [-0.05, 0) is 59.2 Å². The molecule has 0 aliphatic carbocycles. The Morgan fingerprint density at radius 2 is 1.48 bits per heavy atom. The van der Waals surface area contributed by atoms with Gasteiger partial charge in [0.05, 0.1) is 15.9 Å². The number of hydrogen-bond acceptors (Lipinski definition) is 5. The lowest BCUT2D eigenvalue weighted by atomic mass is 10.0. The second-order valence-corrected chi connectivity index (χ2v) is 11.4. The highest BCUT2D eigenvalue weighted by molar-refractivity contribution is 7.17. The molecule has 9 heteroatoms. The number of nitrogens with one attached hydrogen (secondary N) is 1. The van der Waals surface area contributed by atoms with Gasteiger partial charge in [0.1, 0.15) is 0 Å².